The number of halogens is 2. The van der Waals surface area contributed by atoms with Crippen LogP contribution < -0.4 is 5.56 Å². The monoisotopic (exact) mass is 395 g/mol. The minimum absolute atomic E-state index is 0.0802. The summed E-state index contributed by atoms with van der Waals surface area (Å²) in [4.78, 5) is 31.2. The van der Waals surface area contributed by atoms with Crippen molar-refractivity contribution in [1.29, 1.82) is 0 Å². The molecule has 0 radical (unpaired) electrons. The number of hydrogen-bond donors (Lipinski definition) is 0. The number of hydrogen-bond acceptors (Lipinski definition) is 4. The Hall–Kier alpha value is -1.89. The van der Waals surface area contributed by atoms with E-state index in [9.17, 15) is 9.59 Å². The molecule has 5 nitrogen and oxygen atoms in total. The number of thiophene rings is 1. The lowest BCUT2D eigenvalue weighted by atomic mass is 10.2. The van der Waals surface area contributed by atoms with Gasteiger partial charge in [-0.05, 0) is 29.1 Å². The third-order valence-electron chi connectivity index (χ3n) is 3.87. The molecule has 0 fully saturated rings. The van der Waals surface area contributed by atoms with Crippen LogP contribution in [0.15, 0.2) is 40.8 Å². The summed E-state index contributed by atoms with van der Waals surface area (Å²) in [6.07, 6.45) is 1.70. The number of amides is 1. The summed E-state index contributed by atoms with van der Waals surface area (Å²) < 4.78 is 1.47. The first-order chi connectivity index (χ1) is 12.0. The molecule has 0 bridgehead atoms. The van der Waals surface area contributed by atoms with Crippen LogP contribution >= 0.6 is 34.5 Å². The SMILES string of the molecule is CN(Cc1ccc(Cl)cc1Cl)C(=O)CCn1cnc2sccc2c1=O. The second-order valence-corrected chi connectivity index (χ2v) is 7.36. The van der Waals surface area contributed by atoms with Crippen LogP contribution in [-0.4, -0.2) is 27.4 Å². The highest BCUT2D eigenvalue weighted by Gasteiger charge is 2.13. The van der Waals surface area contributed by atoms with Crippen LogP contribution in [-0.2, 0) is 17.9 Å². The van der Waals surface area contributed by atoms with Gasteiger partial charge in [-0.15, -0.1) is 11.3 Å². The molecule has 130 valence electrons. The highest BCUT2D eigenvalue weighted by atomic mass is 35.5. The fourth-order valence-corrected chi connectivity index (χ4v) is 3.64. The number of carbonyl (C=O) groups excluding carboxylic acids is 1. The van der Waals surface area contributed by atoms with E-state index in [1.165, 1.54) is 22.2 Å². The van der Waals surface area contributed by atoms with Gasteiger partial charge in [0, 0.05) is 36.6 Å². The van der Waals surface area contributed by atoms with Crippen molar-refractivity contribution in [3.05, 3.63) is 61.9 Å². The van der Waals surface area contributed by atoms with E-state index in [0.29, 0.717) is 26.8 Å². The second-order valence-electron chi connectivity index (χ2n) is 5.62. The molecule has 3 aromatic rings. The third-order valence-corrected chi connectivity index (χ3v) is 5.27. The average molecular weight is 396 g/mol. The lowest BCUT2D eigenvalue weighted by Crippen LogP contribution is -2.29. The van der Waals surface area contributed by atoms with Crippen LogP contribution in [0.2, 0.25) is 10.0 Å². The van der Waals surface area contributed by atoms with Crippen LogP contribution in [0, 0.1) is 0 Å². The van der Waals surface area contributed by atoms with E-state index in [1.807, 2.05) is 5.38 Å². The summed E-state index contributed by atoms with van der Waals surface area (Å²) in [7, 11) is 1.70. The van der Waals surface area contributed by atoms with Gasteiger partial charge in [-0.3, -0.25) is 14.2 Å². The van der Waals surface area contributed by atoms with Gasteiger partial charge in [-0.2, -0.15) is 0 Å². The Balaban J connectivity index is 1.65. The van der Waals surface area contributed by atoms with E-state index < -0.39 is 0 Å². The average Bonchev–Trinajstić information content (AvgIpc) is 3.06. The highest BCUT2D eigenvalue weighted by molar-refractivity contribution is 7.16. The van der Waals surface area contributed by atoms with Gasteiger partial charge in [0.25, 0.3) is 5.56 Å². The molecule has 0 atom stereocenters. The summed E-state index contributed by atoms with van der Waals surface area (Å²) in [6, 6.07) is 6.94. The van der Waals surface area contributed by atoms with Crippen LogP contribution in [0.1, 0.15) is 12.0 Å². The number of rotatable bonds is 5. The zero-order valence-electron chi connectivity index (χ0n) is 13.4. The van der Waals surface area contributed by atoms with E-state index >= 15 is 0 Å². The first kappa shape index (κ1) is 17.9. The van der Waals surface area contributed by atoms with E-state index in [0.717, 1.165) is 5.56 Å². The van der Waals surface area contributed by atoms with Crippen molar-refractivity contribution in [2.24, 2.45) is 0 Å². The predicted octanol–water partition coefficient (Wildman–Crippen LogP) is 3.81. The predicted molar refractivity (Wildman–Crippen MR) is 101 cm³/mol. The second kappa shape index (κ2) is 7.56. The lowest BCUT2D eigenvalue weighted by molar-refractivity contribution is -0.130. The van der Waals surface area contributed by atoms with Crippen molar-refractivity contribution in [1.82, 2.24) is 14.5 Å². The van der Waals surface area contributed by atoms with Gasteiger partial charge in [0.1, 0.15) is 4.83 Å². The summed E-state index contributed by atoms with van der Waals surface area (Å²) in [5.41, 5.74) is 0.697. The normalized spacial score (nSPS) is 11.0. The zero-order valence-corrected chi connectivity index (χ0v) is 15.7. The molecular formula is C17H15Cl2N3O2S. The number of carbonyl (C=O) groups is 1. The summed E-state index contributed by atoms with van der Waals surface area (Å²) >= 11 is 13.4. The molecule has 0 N–H and O–H groups in total. The van der Waals surface area contributed by atoms with Crippen molar-refractivity contribution in [2.45, 2.75) is 19.5 Å². The molecule has 8 heteroatoms. The lowest BCUT2D eigenvalue weighted by Gasteiger charge is -2.18. The number of fused-ring (bicyclic) bond motifs is 1. The standard InChI is InChI=1S/C17H15Cl2N3O2S/c1-21(9-11-2-3-12(18)8-14(11)19)15(23)4-6-22-10-20-16-13(17(22)24)5-7-25-16/h2-3,5,7-8,10H,4,6,9H2,1H3. The van der Waals surface area contributed by atoms with Gasteiger partial charge in [0.05, 0.1) is 11.7 Å². The largest absolute Gasteiger partial charge is 0.341 e. The topological polar surface area (TPSA) is 55.2 Å². The molecule has 2 heterocycles. The molecule has 1 aromatic carbocycles. The van der Waals surface area contributed by atoms with Crippen molar-refractivity contribution in [2.75, 3.05) is 7.05 Å². The molecule has 0 spiro atoms. The Morgan fingerprint density at radius 2 is 2.12 bits per heavy atom. The smallest absolute Gasteiger partial charge is 0.262 e. The fraction of sp³-hybridized carbons (Fsp3) is 0.235. The van der Waals surface area contributed by atoms with Gasteiger partial charge >= 0.3 is 0 Å². The van der Waals surface area contributed by atoms with Crippen molar-refractivity contribution < 1.29 is 4.79 Å². The molecule has 0 unspecified atom stereocenters. The van der Waals surface area contributed by atoms with Crippen LogP contribution in [0.25, 0.3) is 10.2 Å². The van der Waals surface area contributed by atoms with Gasteiger partial charge in [0.15, 0.2) is 0 Å². The summed E-state index contributed by atoms with van der Waals surface area (Å²) in [5.74, 6) is -0.0802. The molecule has 0 saturated carbocycles. The molecule has 0 aliphatic carbocycles. The Bertz CT molecular complexity index is 983. The van der Waals surface area contributed by atoms with E-state index in [2.05, 4.69) is 4.98 Å². The fourth-order valence-electron chi connectivity index (χ4n) is 2.45. The van der Waals surface area contributed by atoms with Gasteiger partial charge in [-0.25, -0.2) is 4.98 Å². The molecule has 2 aromatic heterocycles. The molecule has 25 heavy (non-hydrogen) atoms. The first-order valence-electron chi connectivity index (χ1n) is 7.56. The van der Waals surface area contributed by atoms with E-state index in [1.54, 1.807) is 36.2 Å². The molecular weight excluding hydrogens is 381 g/mol. The van der Waals surface area contributed by atoms with Crippen molar-refractivity contribution in [3.8, 4) is 0 Å². The molecule has 0 aliphatic rings. The van der Waals surface area contributed by atoms with Crippen LogP contribution in [0.4, 0.5) is 0 Å². The maximum atomic E-state index is 12.3. The molecule has 0 saturated heterocycles. The molecule has 0 aliphatic heterocycles. The summed E-state index contributed by atoms with van der Waals surface area (Å²) in [6.45, 7) is 0.667. The third kappa shape index (κ3) is 4.03. The molecule has 3 rings (SSSR count). The molecule has 1 amide bonds. The van der Waals surface area contributed by atoms with E-state index in [-0.39, 0.29) is 24.4 Å². The summed E-state index contributed by atoms with van der Waals surface area (Å²) in [5, 5.41) is 3.49. The number of aryl methyl sites for hydroxylation is 1. The number of benzene rings is 1. The minimum atomic E-state index is -0.123. The highest BCUT2D eigenvalue weighted by Crippen LogP contribution is 2.22. The van der Waals surface area contributed by atoms with Crippen molar-refractivity contribution in [3.63, 3.8) is 0 Å². The maximum Gasteiger partial charge on any atom is 0.262 e. The van der Waals surface area contributed by atoms with Gasteiger partial charge in [-0.1, -0.05) is 29.3 Å². The van der Waals surface area contributed by atoms with Gasteiger partial charge < -0.3 is 4.90 Å². The van der Waals surface area contributed by atoms with E-state index in [4.69, 9.17) is 23.2 Å². The number of aromatic nitrogens is 2. The maximum absolute atomic E-state index is 12.3. The van der Waals surface area contributed by atoms with Gasteiger partial charge in [0.2, 0.25) is 5.91 Å². The number of nitrogens with zero attached hydrogens (tertiary/aromatic N) is 3. The Labute approximate surface area is 158 Å². The van der Waals surface area contributed by atoms with Crippen LogP contribution in [0.3, 0.4) is 0 Å². The Kier molecular flexibility index (Phi) is 5.42. The first-order valence-corrected chi connectivity index (χ1v) is 9.20. The van der Waals surface area contributed by atoms with Crippen molar-refractivity contribution >= 4 is 50.7 Å². The Morgan fingerprint density at radius 1 is 1.32 bits per heavy atom. The quantitative estimate of drug-likeness (QED) is 0.659. The minimum Gasteiger partial charge on any atom is -0.341 e. The Morgan fingerprint density at radius 3 is 2.88 bits per heavy atom. The van der Waals surface area contributed by atoms with Crippen LogP contribution in [0.5, 0.6) is 0 Å². The zero-order chi connectivity index (χ0) is 18.0.